The van der Waals surface area contributed by atoms with Gasteiger partial charge in [-0.25, -0.2) is 0 Å². The second kappa shape index (κ2) is 11.8. The number of ether oxygens (including phenoxy) is 1. The average molecular weight is 467 g/mol. The maximum absolute atomic E-state index is 12.6. The van der Waals surface area contributed by atoms with E-state index in [2.05, 4.69) is 35.9 Å². The number of aliphatic hydroxyl groups is 1. The van der Waals surface area contributed by atoms with Crippen LogP contribution in [0, 0.1) is 0 Å². The number of likely N-dealkylation sites (N-methyl/N-ethyl adjacent to an activating group) is 1. The Bertz CT molecular complexity index is 1110. The molecule has 0 radical (unpaired) electrons. The van der Waals surface area contributed by atoms with Gasteiger partial charge in [0.15, 0.2) is 0 Å². The van der Waals surface area contributed by atoms with Crippen LogP contribution < -0.4 is 4.74 Å². The van der Waals surface area contributed by atoms with Crippen molar-refractivity contribution >= 4 is 0 Å². The average Bonchev–Trinajstić information content (AvgIpc) is 2.93. The molecule has 0 amide bonds. The predicted octanol–water partition coefficient (Wildman–Crippen LogP) is 5.87. The topological polar surface area (TPSA) is 45.6 Å². The Morgan fingerprint density at radius 3 is 1.97 bits per heavy atom. The van der Waals surface area contributed by atoms with Crippen molar-refractivity contribution in [3.05, 3.63) is 132 Å². The molecule has 0 saturated carbocycles. The largest absolute Gasteiger partial charge is 0.492 e. The minimum Gasteiger partial charge on any atom is -0.492 e. The Hall–Kier alpha value is -3.47. The molecule has 0 bridgehead atoms. The molecule has 1 aromatic heterocycles. The number of hydrogen-bond acceptors (Lipinski definition) is 4. The summed E-state index contributed by atoms with van der Waals surface area (Å²) in [6.45, 7) is 7.86. The minimum absolute atomic E-state index is 0.401. The number of rotatable bonds is 11. The zero-order valence-corrected chi connectivity index (χ0v) is 20.5. The second-order valence-corrected chi connectivity index (χ2v) is 8.63. The number of pyridine rings is 1. The highest BCUT2D eigenvalue weighted by Gasteiger charge is 2.42. The van der Waals surface area contributed by atoms with Gasteiger partial charge in [0, 0.05) is 12.7 Å². The first-order valence-electron chi connectivity index (χ1n) is 12.4. The van der Waals surface area contributed by atoms with Crippen LogP contribution in [0.4, 0.5) is 0 Å². The van der Waals surface area contributed by atoms with Crippen LogP contribution in [0.2, 0.25) is 0 Å². The summed E-state index contributed by atoms with van der Waals surface area (Å²) in [6, 6.07) is 33.7. The van der Waals surface area contributed by atoms with E-state index in [4.69, 9.17) is 4.74 Å². The summed E-state index contributed by atoms with van der Waals surface area (Å²) < 4.78 is 6.01. The van der Waals surface area contributed by atoms with Crippen molar-refractivity contribution in [2.45, 2.75) is 25.4 Å². The summed E-state index contributed by atoms with van der Waals surface area (Å²) in [4.78, 5) is 7.01. The van der Waals surface area contributed by atoms with E-state index in [0.29, 0.717) is 6.61 Å². The Kier molecular flexibility index (Phi) is 8.30. The molecule has 1 heterocycles. The van der Waals surface area contributed by atoms with Crippen molar-refractivity contribution in [2.24, 2.45) is 0 Å². The maximum atomic E-state index is 12.6. The minimum atomic E-state index is -1.34. The van der Waals surface area contributed by atoms with E-state index in [1.54, 1.807) is 6.20 Å². The van der Waals surface area contributed by atoms with Gasteiger partial charge in [-0.2, -0.15) is 0 Å². The lowest BCUT2D eigenvalue weighted by Crippen LogP contribution is -2.36. The number of hydrogen-bond donors (Lipinski definition) is 1. The van der Waals surface area contributed by atoms with E-state index in [9.17, 15) is 5.11 Å². The zero-order valence-electron chi connectivity index (χ0n) is 20.5. The summed E-state index contributed by atoms with van der Waals surface area (Å²) in [5.74, 6) is 0.396. The molecule has 2 atom stereocenters. The van der Waals surface area contributed by atoms with Crippen LogP contribution in [0.5, 0.6) is 5.75 Å². The van der Waals surface area contributed by atoms with E-state index >= 15 is 0 Å². The van der Waals surface area contributed by atoms with Gasteiger partial charge in [-0.1, -0.05) is 92.7 Å². The highest BCUT2D eigenvalue weighted by atomic mass is 16.5. The molecular formula is C31H34N2O2. The third-order valence-electron chi connectivity index (χ3n) is 6.61. The summed E-state index contributed by atoms with van der Waals surface area (Å²) in [6.07, 6.45) is 1.78. The van der Waals surface area contributed by atoms with E-state index in [1.165, 1.54) is 0 Å². The standard InChI is InChI=1S/C31H34N2O2/c1-3-33(4-2)23-24-35-28-20-18-27(19-21-28)31(34,26-15-9-6-10-16-26)30(25-13-7-5-8-14-25)29-17-11-12-22-32-29/h5-22,30,34H,3-4,23-24H2,1-2H3/t30-,31-/m0/s1. The van der Waals surface area contributed by atoms with Crippen LogP contribution in [-0.2, 0) is 5.60 Å². The van der Waals surface area contributed by atoms with Crippen LogP contribution in [0.1, 0.15) is 42.1 Å². The molecule has 0 fully saturated rings. The predicted molar refractivity (Wildman–Crippen MR) is 142 cm³/mol. The van der Waals surface area contributed by atoms with Gasteiger partial charge in [-0.05, 0) is 54.0 Å². The van der Waals surface area contributed by atoms with E-state index < -0.39 is 11.5 Å². The molecular weight excluding hydrogens is 432 g/mol. The molecule has 0 aliphatic carbocycles. The molecule has 0 aliphatic rings. The van der Waals surface area contributed by atoms with Gasteiger partial charge < -0.3 is 14.7 Å². The van der Waals surface area contributed by atoms with Crippen molar-refractivity contribution in [3.63, 3.8) is 0 Å². The Morgan fingerprint density at radius 2 is 1.37 bits per heavy atom. The molecule has 4 rings (SSSR count). The summed E-state index contributed by atoms with van der Waals surface area (Å²) in [7, 11) is 0. The molecule has 0 spiro atoms. The SMILES string of the molecule is CCN(CC)CCOc1ccc([C@@](O)(c2ccccc2)[C@@H](c2ccccc2)c2ccccn2)cc1. The molecule has 0 unspecified atom stereocenters. The Morgan fingerprint density at radius 1 is 0.771 bits per heavy atom. The van der Waals surface area contributed by atoms with Gasteiger partial charge in [-0.15, -0.1) is 0 Å². The zero-order chi connectivity index (χ0) is 24.5. The van der Waals surface area contributed by atoms with E-state index in [-0.39, 0.29) is 0 Å². The van der Waals surface area contributed by atoms with Crippen molar-refractivity contribution in [2.75, 3.05) is 26.2 Å². The van der Waals surface area contributed by atoms with Gasteiger partial charge >= 0.3 is 0 Å². The van der Waals surface area contributed by atoms with Gasteiger partial charge in [-0.3, -0.25) is 4.98 Å². The highest BCUT2D eigenvalue weighted by Crippen LogP contribution is 2.46. The quantitative estimate of drug-likeness (QED) is 0.300. The maximum Gasteiger partial charge on any atom is 0.127 e. The summed E-state index contributed by atoms with van der Waals surface area (Å²) in [5, 5.41) is 12.6. The summed E-state index contributed by atoms with van der Waals surface area (Å²) in [5.41, 5.74) is 2.08. The van der Waals surface area contributed by atoms with Crippen LogP contribution >= 0.6 is 0 Å². The van der Waals surface area contributed by atoms with E-state index in [0.717, 1.165) is 47.8 Å². The molecule has 4 nitrogen and oxygen atoms in total. The molecule has 0 aliphatic heterocycles. The van der Waals surface area contributed by atoms with Gasteiger partial charge in [0.25, 0.3) is 0 Å². The van der Waals surface area contributed by atoms with Gasteiger partial charge in [0.2, 0.25) is 0 Å². The van der Waals surface area contributed by atoms with E-state index in [1.807, 2.05) is 91.0 Å². The van der Waals surface area contributed by atoms with Crippen molar-refractivity contribution < 1.29 is 9.84 Å². The molecule has 1 N–H and O–H groups in total. The molecule has 3 aromatic carbocycles. The first-order valence-corrected chi connectivity index (χ1v) is 12.4. The molecule has 4 heteroatoms. The number of nitrogens with zero attached hydrogens (tertiary/aromatic N) is 2. The fraction of sp³-hybridized carbons (Fsp3) is 0.258. The Labute approximate surface area is 208 Å². The van der Waals surface area contributed by atoms with Crippen molar-refractivity contribution in [3.8, 4) is 5.75 Å². The summed E-state index contributed by atoms with van der Waals surface area (Å²) >= 11 is 0. The van der Waals surface area contributed by atoms with Gasteiger partial charge in [0.05, 0.1) is 11.6 Å². The van der Waals surface area contributed by atoms with Crippen molar-refractivity contribution in [1.29, 1.82) is 0 Å². The lowest BCUT2D eigenvalue weighted by Gasteiger charge is -2.37. The first-order chi connectivity index (χ1) is 17.2. The lowest BCUT2D eigenvalue weighted by molar-refractivity contribution is 0.0611. The lowest BCUT2D eigenvalue weighted by atomic mass is 9.71. The van der Waals surface area contributed by atoms with Crippen LogP contribution in [-0.4, -0.2) is 41.2 Å². The third-order valence-corrected chi connectivity index (χ3v) is 6.61. The fourth-order valence-electron chi connectivity index (χ4n) is 4.65. The first kappa shape index (κ1) is 24.6. The Balaban J connectivity index is 1.74. The smallest absolute Gasteiger partial charge is 0.127 e. The normalized spacial score (nSPS) is 13.8. The highest BCUT2D eigenvalue weighted by molar-refractivity contribution is 5.47. The third kappa shape index (κ3) is 5.61. The van der Waals surface area contributed by atoms with Crippen LogP contribution in [0.15, 0.2) is 109 Å². The van der Waals surface area contributed by atoms with Crippen LogP contribution in [0.3, 0.4) is 0 Å². The molecule has 0 saturated heterocycles. The van der Waals surface area contributed by atoms with Crippen LogP contribution in [0.25, 0.3) is 0 Å². The van der Waals surface area contributed by atoms with Gasteiger partial charge in [0.1, 0.15) is 18.0 Å². The molecule has 4 aromatic rings. The molecule has 180 valence electrons. The number of aromatic nitrogens is 1. The van der Waals surface area contributed by atoms with Crippen molar-refractivity contribution in [1.82, 2.24) is 9.88 Å². The fourth-order valence-corrected chi connectivity index (χ4v) is 4.65. The number of benzene rings is 3. The second-order valence-electron chi connectivity index (χ2n) is 8.63. The molecule has 35 heavy (non-hydrogen) atoms. The monoisotopic (exact) mass is 466 g/mol.